The van der Waals surface area contributed by atoms with E-state index in [-0.39, 0.29) is 6.10 Å². The summed E-state index contributed by atoms with van der Waals surface area (Å²) < 4.78 is 15.2. The minimum absolute atomic E-state index is 0.0841. The molecule has 0 fully saturated rings. The third-order valence-corrected chi connectivity index (χ3v) is 2.05. The van der Waals surface area contributed by atoms with Crippen molar-refractivity contribution in [1.82, 2.24) is 9.97 Å². The smallest absolute Gasteiger partial charge is 0.229 e. The first kappa shape index (κ1) is 12.5. The molecule has 1 unspecified atom stereocenters. The predicted molar refractivity (Wildman–Crippen MR) is 60.1 cm³/mol. The van der Waals surface area contributed by atoms with Crippen molar-refractivity contribution in [3.8, 4) is 11.8 Å². The second-order valence-electron chi connectivity index (χ2n) is 3.20. The molecule has 1 atom stereocenters. The number of ether oxygens (including phenoxy) is 3. The molecule has 0 bridgehead atoms. The highest BCUT2D eigenvalue weighted by atomic mass is 16.5. The lowest BCUT2D eigenvalue weighted by Crippen LogP contribution is -2.19. The van der Waals surface area contributed by atoms with Gasteiger partial charge in [0.1, 0.15) is 0 Å². The van der Waals surface area contributed by atoms with Crippen LogP contribution in [0, 0.1) is 0 Å². The maximum Gasteiger partial charge on any atom is 0.229 e. The van der Waals surface area contributed by atoms with E-state index in [1.54, 1.807) is 27.4 Å². The van der Waals surface area contributed by atoms with Gasteiger partial charge in [-0.1, -0.05) is 0 Å². The van der Waals surface area contributed by atoms with Gasteiger partial charge in [-0.15, -0.1) is 0 Å². The van der Waals surface area contributed by atoms with E-state index in [0.29, 0.717) is 24.3 Å². The molecular weight excluding hydrogens is 210 g/mol. The van der Waals surface area contributed by atoms with Gasteiger partial charge in [-0.3, -0.25) is 0 Å². The van der Waals surface area contributed by atoms with Gasteiger partial charge in [0, 0.05) is 13.7 Å². The number of hydrogen-bond donors (Lipinski definition) is 1. The molecule has 0 aliphatic carbocycles. The third-order valence-electron chi connectivity index (χ3n) is 2.05. The number of rotatable bonds is 6. The molecule has 0 aromatic carbocycles. The van der Waals surface area contributed by atoms with E-state index < -0.39 is 0 Å². The fourth-order valence-corrected chi connectivity index (χ4v) is 1.01. The average Bonchev–Trinajstić information content (AvgIpc) is 2.35. The highest BCUT2D eigenvalue weighted by Gasteiger charge is 2.06. The minimum Gasteiger partial charge on any atom is -0.481 e. The van der Waals surface area contributed by atoms with Gasteiger partial charge in [0.05, 0.1) is 26.4 Å². The normalized spacial score (nSPS) is 12.0. The van der Waals surface area contributed by atoms with Gasteiger partial charge in [-0.2, -0.15) is 9.97 Å². The Labute approximate surface area is 95.0 Å². The largest absolute Gasteiger partial charge is 0.481 e. The summed E-state index contributed by atoms with van der Waals surface area (Å²) in [4.78, 5) is 8.25. The molecule has 0 saturated heterocycles. The molecule has 16 heavy (non-hydrogen) atoms. The lowest BCUT2D eigenvalue weighted by molar-refractivity contribution is 0.128. The van der Waals surface area contributed by atoms with Gasteiger partial charge in [0.15, 0.2) is 0 Å². The third kappa shape index (κ3) is 3.54. The second-order valence-corrected chi connectivity index (χ2v) is 3.20. The van der Waals surface area contributed by atoms with Gasteiger partial charge < -0.3 is 19.5 Å². The Morgan fingerprint density at radius 3 is 2.19 bits per heavy atom. The van der Waals surface area contributed by atoms with E-state index in [2.05, 4.69) is 15.3 Å². The molecule has 1 N–H and O–H groups in total. The van der Waals surface area contributed by atoms with Crippen LogP contribution in [-0.4, -0.2) is 43.9 Å². The van der Waals surface area contributed by atoms with Crippen molar-refractivity contribution in [2.75, 3.05) is 33.2 Å². The first-order valence-corrected chi connectivity index (χ1v) is 4.93. The van der Waals surface area contributed by atoms with E-state index >= 15 is 0 Å². The standard InChI is InChI=1S/C10H17N3O3/c1-7(14-2)6-11-10-12-8(15-3)5-9(13-10)16-4/h5,7H,6H2,1-4H3,(H,11,12,13). The molecule has 0 aliphatic heterocycles. The molecule has 90 valence electrons. The first-order chi connectivity index (χ1) is 7.69. The summed E-state index contributed by atoms with van der Waals surface area (Å²) in [6.07, 6.45) is 0.0841. The molecule has 6 heteroatoms. The summed E-state index contributed by atoms with van der Waals surface area (Å²) in [7, 11) is 4.74. The maximum atomic E-state index is 5.10. The summed E-state index contributed by atoms with van der Waals surface area (Å²) in [6.45, 7) is 2.57. The van der Waals surface area contributed by atoms with Gasteiger partial charge in [-0.05, 0) is 6.92 Å². The Kier molecular flexibility index (Phi) is 4.78. The SMILES string of the molecule is COc1cc(OC)nc(NCC(C)OC)n1. The van der Waals surface area contributed by atoms with Crippen LogP contribution in [0.1, 0.15) is 6.92 Å². The van der Waals surface area contributed by atoms with Crippen molar-refractivity contribution in [3.63, 3.8) is 0 Å². The molecular formula is C10H17N3O3. The van der Waals surface area contributed by atoms with Crippen LogP contribution in [0.4, 0.5) is 5.95 Å². The number of methoxy groups -OCH3 is 3. The van der Waals surface area contributed by atoms with Crippen LogP contribution in [0.5, 0.6) is 11.8 Å². The molecule has 0 radical (unpaired) electrons. The van der Waals surface area contributed by atoms with Gasteiger partial charge in [0.2, 0.25) is 17.7 Å². The van der Waals surface area contributed by atoms with Crippen molar-refractivity contribution in [2.45, 2.75) is 13.0 Å². The molecule has 1 heterocycles. The molecule has 0 amide bonds. The van der Waals surface area contributed by atoms with Crippen LogP contribution in [0.3, 0.4) is 0 Å². The molecule has 6 nitrogen and oxygen atoms in total. The molecule has 1 aromatic heterocycles. The summed E-state index contributed by atoms with van der Waals surface area (Å²) in [5, 5.41) is 3.04. The maximum absolute atomic E-state index is 5.10. The quantitative estimate of drug-likeness (QED) is 0.780. The second kappa shape index (κ2) is 6.12. The lowest BCUT2D eigenvalue weighted by atomic mass is 10.4. The predicted octanol–water partition coefficient (Wildman–Crippen LogP) is 0.941. The van der Waals surface area contributed by atoms with Crippen LogP contribution in [-0.2, 0) is 4.74 Å². The minimum atomic E-state index is 0.0841. The van der Waals surface area contributed by atoms with Crippen LogP contribution >= 0.6 is 0 Å². The van der Waals surface area contributed by atoms with E-state index in [9.17, 15) is 0 Å². The molecule has 0 aliphatic rings. The average molecular weight is 227 g/mol. The number of anilines is 1. The van der Waals surface area contributed by atoms with E-state index in [1.165, 1.54) is 0 Å². The van der Waals surface area contributed by atoms with Crippen LogP contribution in [0.2, 0.25) is 0 Å². The van der Waals surface area contributed by atoms with Crippen molar-refractivity contribution < 1.29 is 14.2 Å². The van der Waals surface area contributed by atoms with Crippen LogP contribution in [0.15, 0.2) is 6.07 Å². The van der Waals surface area contributed by atoms with Crippen molar-refractivity contribution >= 4 is 5.95 Å². The summed E-state index contributed by atoms with van der Waals surface area (Å²) >= 11 is 0. The van der Waals surface area contributed by atoms with Crippen molar-refractivity contribution in [3.05, 3.63) is 6.07 Å². The Hall–Kier alpha value is -1.56. The van der Waals surface area contributed by atoms with Crippen LogP contribution < -0.4 is 14.8 Å². The zero-order chi connectivity index (χ0) is 12.0. The summed E-state index contributed by atoms with van der Waals surface area (Å²) in [5.41, 5.74) is 0. The van der Waals surface area contributed by atoms with Gasteiger partial charge in [0.25, 0.3) is 0 Å². The van der Waals surface area contributed by atoms with Gasteiger partial charge in [-0.25, -0.2) is 0 Å². The topological polar surface area (TPSA) is 65.5 Å². The highest BCUT2D eigenvalue weighted by Crippen LogP contribution is 2.17. The Balaban J connectivity index is 2.71. The number of hydrogen-bond acceptors (Lipinski definition) is 6. The Morgan fingerprint density at radius 2 is 1.75 bits per heavy atom. The zero-order valence-electron chi connectivity index (χ0n) is 9.98. The number of aromatic nitrogens is 2. The fraction of sp³-hybridized carbons (Fsp3) is 0.600. The van der Waals surface area contributed by atoms with Crippen molar-refractivity contribution in [1.29, 1.82) is 0 Å². The fourth-order valence-electron chi connectivity index (χ4n) is 1.01. The van der Waals surface area contributed by atoms with E-state index in [0.717, 1.165) is 0 Å². The van der Waals surface area contributed by atoms with E-state index in [4.69, 9.17) is 14.2 Å². The summed E-state index contributed by atoms with van der Waals surface area (Å²) in [5.74, 6) is 1.37. The molecule has 1 aromatic rings. The molecule has 0 spiro atoms. The first-order valence-electron chi connectivity index (χ1n) is 4.93. The number of nitrogens with one attached hydrogen (secondary N) is 1. The monoisotopic (exact) mass is 227 g/mol. The molecule has 0 saturated carbocycles. The number of nitrogens with zero attached hydrogens (tertiary/aromatic N) is 2. The lowest BCUT2D eigenvalue weighted by Gasteiger charge is -2.11. The summed E-state index contributed by atoms with van der Waals surface area (Å²) in [6, 6.07) is 1.62. The Bertz CT molecular complexity index is 311. The van der Waals surface area contributed by atoms with Crippen LogP contribution in [0.25, 0.3) is 0 Å². The molecule has 1 rings (SSSR count). The Morgan fingerprint density at radius 1 is 1.19 bits per heavy atom. The highest BCUT2D eigenvalue weighted by molar-refractivity contribution is 5.33. The zero-order valence-corrected chi connectivity index (χ0v) is 9.98. The van der Waals surface area contributed by atoms with Gasteiger partial charge >= 0.3 is 0 Å². The van der Waals surface area contributed by atoms with Crippen molar-refractivity contribution in [2.24, 2.45) is 0 Å². The van der Waals surface area contributed by atoms with E-state index in [1.807, 2.05) is 6.92 Å².